The summed E-state index contributed by atoms with van der Waals surface area (Å²) in [6.07, 6.45) is 1.79. The van der Waals surface area contributed by atoms with Gasteiger partial charge in [0.2, 0.25) is 11.8 Å². The van der Waals surface area contributed by atoms with Crippen molar-refractivity contribution in [3.8, 4) is 28.8 Å². The molecule has 0 saturated carbocycles. The first-order valence-corrected chi connectivity index (χ1v) is 11.3. The average molecular weight is 468 g/mol. The molecule has 0 unspecified atom stereocenters. The SMILES string of the molecule is Cc1oc(-c2ccccc2)nc1COc1nn(Cc2ccc(Oc3ccccc3)cc2)cc1CO. The number of aromatic nitrogens is 3. The van der Waals surface area contributed by atoms with Crippen molar-refractivity contribution in [1.29, 1.82) is 0 Å². The van der Waals surface area contributed by atoms with E-state index >= 15 is 0 Å². The normalized spacial score (nSPS) is 10.9. The fourth-order valence-electron chi connectivity index (χ4n) is 3.63. The minimum Gasteiger partial charge on any atom is -0.470 e. The van der Waals surface area contributed by atoms with Crippen molar-refractivity contribution in [2.45, 2.75) is 26.7 Å². The van der Waals surface area contributed by atoms with Gasteiger partial charge in [-0.3, -0.25) is 4.68 Å². The molecule has 5 rings (SSSR count). The number of ether oxygens (including phenoxy) is 2. The van der Waals surface area contributed by atoms with Crippen LogP contribution in [0, 0.1) is 6.92 Å². The van der Waals surface area contributed by atoms with Crippen LogP contribution >= 0.6 is 0 Å². The van der Waals surface area contributed by atoms with Gasteiger partial charge in [-0.05, 0) is 48.9 Å². The third-order valence-corrected chi connectivity index (χ3v) is 5.48. The highest BCUT2D eigenvalue weighted by atomic mass is 16.5. The molecule has 0 bridgehead atoms. The van der Waals surface area contributed by atoms with Crippen LogP contribution < -0.4 is 9.47 Å². The molecule has 0 aliphatic heterocycles. The van der Waals surface area contributed by atoms with E-state index in [-0.39, 0.29) is 13.2 Å². The van der Waals surface area contributed by atoms with Crippen LogP contribution in [0.25, 0.3) is 11.5 Å². The van der Waals surface area contributed by atoms with Crippen LogP contribution in [-0.4, -0.2) is 19.9 Å². The van der Waals surface area contributed by atoms with Gasteiger partial charge in [-0.2, -0.15) is 0 Å². The molecule has 7 heteroatoms. The minimum atomic E-state index is -0.174. The molecule has 35 heavy (non-hydrogen) atoms. The van der Waals surface area contributed by atoms with Gasteiger partial charge >= 0.3 is 0 Å². The first-order valence-electron chi connectivity index (χ1n) is 11.3. The fraction of sp³-hybridized carbons (Fsp3) is 0.143. The minimum absolute atomic E-state index is 0.174. The van der Waals surface area contributed by atoms with E-state index in [2.05, 4.69) is 10.1 Å². The Morgan fingerprint density at radius 2 is 1.57 bits per heavy atom. The number of hydrogen-bond acceptors (Lipinski definition) is 6. The van der Waals surface area contributed by atoms with Crippen molar-refractivity contribution in [2.75, 3.05) is 0 Å². The Labute approximate surface area is 203 Å². The van der Waals surface area contributed by atoms with Crippen LogP contribution in [0.15, 0.2) is 95.5 Å². The van der Waals surface area contributed by atoms with Gasteiger partial charge in [0.25, 0.3) is 0 Å². The molecule has 0 saturated heterocycles. The van der Waals surface area contributed by atoms with Gasteiger partial charge < -0.3 is 19.0 Å². The molecule has 2 aromatic heterocycles. The average Bonchev–Trinajstić information content (AvgIpc) is 3.47. The van der Waals surface area contributed by atoms with Gasteiger partial charge in [0.1, 0.15) is 29.6 Å². The Morgan fingerprint density at radius 1 is 0.886 bits per heavy atom. The van der Waals surface area contributed by atoms with Crippen molar-refractivity contribution in [2.24, 2.45) is 0 Å². The summed E-state index contributed by atoms with van der Waals surface area (Å²) in [5, 5.41) is 14.3. The molecule has 3 aromatic carbocycles. The lowest BCUT2D eigenvalue weighted by atomic mass is 10.2. The van der Waals surface area contributed by atoms with Gasteiger partial charge in [0.15, 0.2) is 0 Å². The Kier molecular flexibility index (Phi) is 6.59. The Morgan fingerprint density at radius 3 is 2.29 bits per heavy atom. The topological polar surface area (TPSA) is 82.5 Å². The van der Waals surface area contributed by atoms with Crippen molar-refractivity contribution in [3.05, 3.63) is 114 Å². The van der Waals surface area contributed by atoms with Crippen LogP contribution in [-0.2, 0) is 19.8 Å². The van der Waals surface area contributed by atoms with Gasteiger partial charge in [-0.1, -0.05) is 48.5 Å². The van der Waals surface area contributed by atoms with Crippen LogP contribution in [0.1, 0.15) is 22.6 Å². The lowest BCUT2D eigenvalue weighted by Crippen LogP contribution is -2.02. The number of aliphatic hydroxyl groups is 1. The summed E-state index contributed by atoms with van der Waals surface area (Å²) >= 11 is 0. The summed E-state index contributed by atoms with van der Waals surface area (Å²) in [6, 6.07) is 27.2. The largest absolute Gasteiger partial charge is 0.470 e. The number of aryl methyl sites for hydroxylation is 1. The summed E-state index contributed by atoms with van der Waals surface area (Å²) in [5.41, 5.74) is 3.25. The first-order chi connectivity index (χ1) is 17.2. The lowest BCUT2D eigenvalue weighted by Gasteiger charge is -2.07. The van der Waals surface area contributed by atoms with E-state index in [1.165, 1.54) is 0 Å². The van der Waals surface area contributed by atoms with E-state index in [0.717, 1.165) is 22.6 Å². The van der Waals surface area contributed by atoms with E-state index < -0.39 is 0 Å². The number of hydrogen-bond donors (Lipinski definition) is 1. The number of rotatable bonds is 9. The second-order valence-electron chi connectivity index (χ2n) is 8.05. The summed E-state index contributed by atoms with van der Waals surface area (Å²) in [7, 11) is 0. The molecule has 0 radical (unpaired) electrons. The maximum Gasteiger partial charge on any atom is 0.238 e. The summed E-state index contributed by atoms with van der Waals surface area (Å²) in [6.45, 7) is 2.40. The van der Waals surface area contributed by atoms with Gasteiger partial charge in [-0.25, -0.2) is 4.98 Å². The Bertz CT molecular complexity index is 1380. The molecule has 1 N–H and O–H groups in total. The van der Waals surface area contributed by atoms with E-state index in [1.807, 2.05) is 91.9 Å². The lowest BCUT2D eigenvalue weighted by molar-refractivity contribution is 0.252. The maximum absolute atomic E-state index is 9.79. The molecule has 0 aliphatic rings. The molecule has 0 aliphatic carbocycles. The highest BCUT2D eigenvalue weighted by Gasteiger charge is 2.15. The molecule has 176 valence electrons. The maximum atomic E-state index is 9.79. The third-order valence-electron chi connectivity index (χ3n) is 5.48. The second-order valence-corrected chi connectivity index (χ2v) is 8.05. The predicted molar refractivity (Wildman–Crippen MR) is 131 cm³/mol. The summed E-state index contributed by atoms with van der Waals surface area (Å²) in [5.74, 6) is 3.17. The van der Waals surface area contributed by atoms with Crippen molar-refractivity contribution >= 4 is 0 Å². The Balaban J connectivity index is 1.24. The molecular weight excluding hydrogens is 442 g/mol. The summed E-state index contributed by atoms with van der Waals surface area (Å²) in [4.78, 5) is 4.56. The number of para-hydroxylation sites is 1. The molecule has 5 aromatic rings. The van der Waals surface area contributed by atoms with Gasteiger partial charge in [-0.15, -0.1) is 5.10 Å². The van der Waals surface area contributed by atoms with E-state index in [0.29, 0.717) is 35.3 Å². The zero-order valence-corrected chi connectivity index (χ0v) is 19.3. The van der Waals surface area contributed by atoms with Crippen molar-refractivity contribution in [1.82, 2.24) is 14.8 Å². The van der Waals surface area contributed by atoms with E-state index in [9.17, 15) is 5.11 Å². The van der Waals surface area contributed by atoms with E-state index in [4.69, 9.17) is 13.9 Å². The van der Waals surface area contributed by atoms with Crippen LogP contribution in [0.3, 0.4) is 0 Å². The molecule has 0 amide bonds. The quantitative estimate of drug-likeness (QED) is 0.297. The standard InChI is InChI=1S/C28H25N3O4/c1-20-26(29-27(34-20)22-8-4-2-5-9-22)19-33-28-23(18-32)17-31(30-28)16-21-12-14-25(15-13-21)35-24-10-6-3-7-11-24/h2-15,17,32H,16,18-19H2,1H3. The van der Waals surface area contributed by atoms with Crippen LogP contribution in [0.5, 0.6) is 17.4 Å². The first kappa shape index (κ1) is 22.4. The molecule has 0 fully saturated rings. The van der Waals surface area contributed by atoms with E-state index in [1.54, 1.807) is 10.9 Å². The molecule has 7 nitrogen and oxygen atoms in total. The molecule has 2 heterocycles. The Hall–Kier alpha value is -4.36. The number of oxazole rings is 1. The molecule has 0 atom stereocenters. The molecular formula is C28H25N3O4. The third kappa shape index (κ3) is 5.42. The van der Waals surface area contributed by atoms with Gasteiger partial charge in [0.05, 0.1) is 18.7 Å². The number of benzene rings is 3. The van der Waals surface area contributed by atoms with Crippen molar-refractivity contribution < 1.29 is 19.0 Å². The zero-order chi connectivity index (χ0) is 24.0. The highest BCUT2D eigenvalue weighted by Crippen LogP contribution is 2.25. The summed E-state index contributed by atoms with van der Waals surface area (Å²) < 4.78 is 19.3. The smallest absolute Gasteiger partial charge is 0.238 e. The predicted octanol–water partition coefficient (Wildman–Crippen LogP) is 5.76. The van der Waals surface area contributed by atoms with Crippen molar-refractivity contribution in [3.63, 3.8) is 0 Å². The number of nitrogens with zero attached hydrogens (tertiary/aromatic N) is 3. The monoisotopic (exact) mass is 467 g/mol. The fourth-order valence-corrected chi connectivity index (χ4v) is 3.63. The highest BCUT2D eigenvalue weighted by molar-refractivity contribution is 5.53. The van der Waals surface area contributed by atoms with Gasteiger partial charge in [0, 0.05) is 11.8 Å². The number of aliphatic hydroxyl groups excluding tert-OH is 1. The second kappa shape index (κ2) is 10.3. The van der Waals surface area contributed by atoms with Crippen LogP contribution in [0.2, 0.25) is 0 Å². The molecule has 0 spiro atoms. The van der Waals surface area contributed by atoms with Crippen LogP contribution in [0.4, 0.5) is 0 Å². The zero-order valence-electron chi connectivity index (χ0n) is 19.3.